The Morgan fingerprint density at radius 2 is 1.49 bits per heavy atom. The van der Waals surface area contributed by atoms with E-state index in [1.165, 1.54) is 30.0 Å². The molecule has 6 nitrogen and oxygen atoms in total. The van der Waals surface area contributed by atoms with Crippen LogP contribution in [0.25, 0.3) is 11.3 Å². The number of thioether (sulfide) groups is 1. The molecule has 1 amide bonds. The van der Waals surface area contributed by atoms with Gasteiger partial charge in [-0.2, -0.15) is 0 Å². The Kier molecular flexibility index (Phi) is 9.20. The van der Waals surface area contributed by atoms with Crippen molar-refractivity contribution in [2.45, 2.75) is 17.1 Å². The van der Waals surface area contributed by atoms with E-state index >= 15 is 0 Å². The molecule has 1 unspecified atom stereocenters. The zero-order chi connectivity index (χ0) is 28.6. The van der Waals surface area contributed by atoms with Crippen molar-refractivity contribution < 1.29 is 9.59 Å². The van der Waals surface area contributed by atoms with Crippen LogP contribution in [0.3, 0.4) is 0 Å². The number of anilines is 3. The largest absolute Gasteiger partial charge is 0.332 e. The topological polar surface area (TPSA) is 83.1 Å². The van der Waals surface area contributed by atoms with Crippen LogP contribution in [0.2, 0.25) is 0 Å². The molecule has 0 spiro atoms. The number of carbonyl (C=O) groups excluding carboxylic acids is 2. The van der Waals surface area contributed by atoms with Gasteiger partial charge in [0.1, 0.15) is 5.25 Å². The van der Waals surface area contributed by atoms with Crippen LogP contribution in [0.4, 0.5) is 16.5 Å². The molecule has 0 bridgehead atoms. The molecule has 3 N–H and O–H groups in total. The molecular formula is C32H26N4O2S3. The van der Waals surface area contributed by atoms with Crippen molar-refractivity contribution >= 4 is 68.6 Å². The summed E-state index contributed by atoms with van der Waals surface area (Å²) >= 11 is 8.35. The van der Waals surface area contributed by atoms with Gasteiger partial charge in [0.05, 0.1) is 5.69 Å². The summed E-state index contributed by atoms with van der Waals surface area (Å²) in [5, 5.41) is 11.8. The number of hydrogen-bond donors (Lipinski definition) is 3. The Hall–Kier alpha value is -4.31. The lowest BCUT2D eigenvalue weighted by Gasteiger charge is -2.17. The van der Waals surface area contributed by atoms with Gasteiger partial charge in [0, 0.05) is 32.8 Å². The molecule has 4 aromatic carbocycles. The van der Waals surface area contributed by atoms with Gasteiger partial charge in [0.2, 0.25) is 5.91 Å². The van der Waals surface area contributed by atoms with Crippen molar-refractivity contribution in [3.05, 3.63) is 126 Å². The summed E-state index contributed by atoms with van der Waals surface area (Å²) in [6, 6.07) is 34.5. The lowest BCUT2D eigenvalue weighted by Crippen LogP contribution is -2.19. The second-order valence-electron chi connectivity index (χ2n) is 9.04. The molecule has 5 rings (SSSR count). The molecule has 1 atom stereocenters. The van der Waals surface area contributed by atoms with Crippen LogP contribution < -0.4 is 16.0 Å². The van der Waals surface area contributed by atoms with Gasteiger partial charge in [-0.3, -0.25) is 9.59 Å². The summed E-state index contributed by atoms with van der Waals surface area (Å²) in [6.07, 6.45) is 0. The van der Waals surface area contributed by atoms with Crippen LogP contribution in [0.1, 0.15) is 28.1 Å². The number of thiazole rings is 1. The lowest BCUT2D eigenvalue weighted by molar-refractivity contribution is -0.115. The SMILES string of the molecule is CC(=O)c1ccc(NC(=S)Nc2cccc(SC(C(=O)Nc3nc(-c4ccccc4)cs3)c3ccccc3)c2)cc1. The van der Waals surface area contributed by atoms with Gasteiger partial charge in [-0.1, -0.05) is 66.7 Å². The summed E-state index contributed by atoms with van der Waals surface area (Å²) in [6.45, 7) is 1.53. The molecule has 9 heteroatoms. The second-order valence-corrected chi connectivity index (χ2v) is 11.5. The molecule has 5 aromatic rings. The maximum absolute atomic E-state index is 13.6. The van der Waals surface area contributed by atoms with Crippen molar-refractivity contribution in [3.8, 4) is 11.3 Å². The number of benzene rings is 4. The highest BCUT2D eigenvalue weighted by atomic mass is 32.2. The van der Waals surface area contributed by atoms with E-state index in [4.69, 9.17) is 12.2 Å². The molecule has 0 fully saturated rings. The average Bonchev–Trinajstić information content (AvgIpc) is 3.45. The summed E-state index contributed by atoms with van der Waals surface area (Å²) in [7, 11) is 0. The zero-order valence-electron chi connectivity index (χ0n) is 22.0. The predicted molar refractivity (Wildman–Crippen MR) is 174 cm³/mol. The molecule has 0 radical (unpaired) electrons. The Balaban J connectivity index is 1.28. The number of amides is 1. The number of hydrogen-bond acceptors (Lipinski definition) is 6. The lowest BCUT2D eigenvalue weighted by atomic mass is 10.1. The van der Waals surface area contributed by atoms with Crippen molar-refractivity contribution in [3.63, 3.8) is 0 Å². The number of ketones is 1. The van der Waals surface area contributed by atoms with E-state index in [9.17, 15) is 9.59 Å². The number of thiocarbonyl (C=S) groups is 1. The summed E-state index contributed by atoms with van der Waals surface area (Å²) in [4.78, 5) is 30.6. The Labute approximate surface area is 252 Å². The molecule has 0 aliphatic rings. The van der Waals surface area contributed by atoms with Crippen LogP contribution in [0, 0.1) is 0 Å². The van der Waals surface area contributed by atoms with Gasteiger partial charge in [-0.25, -0.2) is 4.98 Å². The number of Topliss-reactive ketones (excluding diaryl/α,β-unsaturated/α-hetero) is 1. The van der Waals surface area contributed by atoms with E-state index in [0.29, 0.717) is 15.8 Å². The van der Waals surface area contributed by atoms with Gasteiger partial charge in [-0.15, -0.1) is 23.1 Å². The maximum atomic E-state index is 13.6. The highest BCUT2D eigenvalue weighted by Crippen LogP contribution is 2.37. The third-order valence-corrected chi connectivity index (χ3v) is 8.25. The van der Waals surface area contributed by atoms with Crippen LogP contribution in [0.15, 0.2) is 119 Å². The Morgan fingerprint density at radius 3 is 2.20 bits per heavy atom. The first-order chi connectivity index (χ1) is 19.9. The standard InChI is InChI=1S/C32H26N4O2S3/c1-21(37)22-15-17-25(18-16-22)33-31(39)34-26-13-8-14-27(19-26)41-29(24-11-6-3-7-12-24)30(38)36-32-35-28(20-40-32)23-9-4-2-5-10-23/h2-20,29H,1H3,(H2,33,34,39)(H,35,36,38). The first kappa shape index (κ1) is 28.2. The first-order valence-electron chi connectivity index (χ1n) is 12.8. The minimum absolute atomic E-state index is 0.0117. The third-order valence-electron chi connectivity index (χ3n) is 6.04. The normalized spacial score (nSPS) is 11.3. The zero-order valence-corrected chi connectivity index (χ0v) is 24.5. The fourth-order valence-electron chi connectivity index (χ4n) is 4.01. The summed E-state index contributed by atoms with van der Waals surface area (Å²) < 4.78 is 0. The van der Waals surface area contributed by atoms with E-state index in [1.807, 2.05) is 102 Å². The monoisotopic (exact) mass is 594 g/mol. The van der Waals surface area contributed by atoms with E-state index in [-0.39, 0.29) is 11.7 Å². The molecule has 0 saturated carbocycles. The van der Waals surface area contributed by atoms with Gasteiger partial charge in [-0.05, 0) is 67.2 Å². The summed E-state index contributed by atoms with van der Waals surface area (Å²) in [5.41, 5.74) is 4.92. The molecule has 0 saturated heterocycles. The number of aromatic nitrogens is 1. The van der Waals surface area contributed by atoms with Crippen LogP contribution in [-0.2, 0) is 4.79 Å². The molecule has 0 aliphatic carbocycles. The van der Waals surface area contributed by atoms with Crippen molar-refractivity contribution in [1.82, 2.24) is 4.98 Å². The number of rotatable bonds is 9. The van der Waals surface area contributed by atoms with Gasteiger partial charge < -0.3 is 16.0 Å². The second kappa shape index (κ2) is 13.4. The fourth-order valence-corrected chi connectivity index (χ4v) is 6.05. The molecule has 204 valence electrons. The average molecular weight is 595 g/mol. The Bertz CT molecular complexity index is 1660. The fraction of sp³-hybridized carbons (Fsp3) is 0.0625. The third kappa shape index (κ3) is 7.67. The predicted octanol–water partition coefficient (Wildman–Crippen LogP) is 8.29. The number of nitrogens with one attached hydrogen (secondary N) is 3. The van der Waals surface area contributed by atoms with E-state index in [1.54, 1.807) is 12.1 Å². The minimum Gasteiger partial charge on any atom is -0.332 e. The van der Waals surface area contributed by atoms with Gasteiger partial charge in [0.25, 0.3) is 0 Å². The van der Waals surface area contributed by atoms with Crippen LogP contribution in [-0.4, -0.2) is 21.8 Å². The van der Waals surface area contributed by atoms with Crippen LogP contribution in [0.5, 0.6) is 0 Å². The van der Waals surface area contributed by atoms with Crippen molar-refractivity contribution in [2.75, 3.05) is 16.0 Å². The highest BCUT2D eigenvalue weighted by molar-refractivity contribution is 8.00. The molecule has 1 heterocycles. The van der Waals surface area contributed by atoms with Gasteiger partial charge in [0.15, 0.2) is 16.0 Å². The van der Waals surface area contributed by atoms with E-state index < -0.39 is 5.25 Å². The summed E-state index contributed by atoms with van der Waals surface area (Å²) in [5.74, 6) is -0.141. The van der Waals surface area contributed by atoms with E-state index in [2.05, 4.69) is 20.9 Å². The molecule has 41 heavy (non-hydrogen) atoms. The Morgan fingerprint density at radius 1 is 0.805 bits per heavy atom. The minimum atomic E-state index is -0.500. The van der Waals surface area contributed by atoms with E-state index in [0.717, 1.165) is 33.1 Å². The highest BCUT2D eigenvalue weighted by Gasteiger charge is 2.23. The van der Waals surface area contributed by atoms with Gasteiger partial charge >= 0.3 is 0 Å². The van der Waals surface area contributed by atoms with Crippen LogP contribution >= 0.6 is 35.3 Å². The molecular weight excluding hydrogens is 569 g/mol. The molecule has 0 aliphatic heterocycles. The maximum Gasteiger partial charge on any atom is 0.244 e. The quantitative estimate of drug-likeness (QED) is 0.0900. The van der Waals surface area contributed by atoms with Crippen molar-refractivity contribution in [2.24, 2.45) is 0 Å². The molecule has 1 aromatic heterocycles. The number of nitrogens with zero attached hydrogens (tertiary/aromatic N) is 1. The first-order valence-corrected chi connectivity index (χ1v) is 14.9. The smallest absolute Gasteiger partial charge is 0.244 e. The van der Waals surface area contributed by atoms with Crippen molar-refractivity contribution in [1.29, 1.82) is 0 Å². The number of carbonyl (C=O) groups is 2.